The average Bonchev–Trinajstić information content (AvgIpc) is 2.29. The lowest BCUT2D eigenvalue weighted by Gasteiger charge is -2.23. The van der Waals surface area contributed by atoms with E-state index < -0.39 is 0 Å². The number of hydrogen-bond acceptors (Lipinski definition) is 2. The Morgan fingerprint density at radius 2 is 1.94 bits per heavy atom. The molecule has 0 bridgehead atoms. The van der Waals surface area contributed by atoms with E-state index in [0.717, 1.165) is 5.02 Å². The van der Waals surface area contributed by atoms with Crippen LogP contribution in [0.1, 0.15) is 50.5 Å². The summed E-state index contributed by atoms with van der Waals surface area (Å²) in [4.78, 5) is 10.8. The summed E-state index contributed by atoms with van der Waals surface area (Å²) < 4.78 is 5.01. The highest BCUT2D eigenvalue weighted by molar-refractivity contribution is 6.31. The summed E-state index contributed by atoms with van der Waals surface area (Å²) in [6.07, 6.45) is 6.33. The smallest absolute Gasteiger partial charge is 0.308 e. The van der Waals surface area contributed by atoms with Gasteiger partial charge in [0.15, 0.2) is 0 Å². The van der Waals surface area contributed by atoms with Gasteiger partial charge in [-0.2, -0.15) is 0 Å². The van der Waals surface area contributed by atoms with Crippen molar-refractivity contribution >= 4 is 30.0 Å². The maximum atomic E-state index is 10.8. The van der Waals surface area contributed by atoms with E-state index in [4.69, 9.17) is 16.3 Å². The molecule has 0 unspecified atom stereocenters. The van der Waals surface area contributed by atoms with Crippen LogP contribution in [0.15, 0.2) is 18.2 Å². The van der Waals surface area contributed by atoms with E-state index in [2.05, 4.69) is 0 Å². The predicted octanol–water partition coefficient (Wildman–Crippen LogP) is 4.73. The molecule has 1 aliphatic rings. The Morgan fingerprint density at radius 3 is 2.50 bits per heavy atom. The summed E-state index contributed by atoms with van der Waals surface area (Å²) in [6.45, 7) is 1.39. The second-order valence-electron chi connectivity index (χ2n) is 4.61. The molecule has 0 saturated heterocycles. The van der Waals surface area contributed by atoms with E-state index in [-0.39, 0.29) is 18.4 Å². The molecular weight excluding hydrogens is 271 g/mol. The van der Waals surface area contributed by atoms with E-state index in [1.165, 1.54) is 44.6 Å². The SMILES string of the molecule is CC(=O)Oc1ccc(C2CCCCC2)c(Cl)c1.Cl. The average molecular weight is 289 g/mol. The highest BCUT2D eigenvalue weighted by Crippen LogP contribution is 2.37. The largest absolute Gasteiger partial charge is 0.427 e. The van der Waals surface area contributed by atoms with Gasteiger partial charge in [0.2, 0.25) is 0 Å². The Kier molecular flexibility index (Phi) is 5.97. The van der Waals surface area contributed by atoms with Gasteiger partial charge in [0, 0.05) is 11.9 Å². The third-order valence-electron chi connectivity index (χ3n) is 3.28. The molecule has 0 atom stereocenters. The highest BCUT2D eigenvalue weighted by Gasteiger charge is 2.18. The van der Waals surface area contributed by atoms with Crippen LogP contribution in [-0.2, 0) is 4.79 Å². The molecular formula is C14H18Cl2O2. The summed E-state index contributed by atoms with van der Waals surface area (Å²) in [7, 11) is 0. The minimum atomic E-state index is -0.313. The molecule has 18 heavy (non-hydrogen) atoms. The Bertz CT molecular complexity index is 412. The molecule has 4 heteroatoms. The van der Waals surface area contributed by atoms with E-state index in [1.54, 1.807) is 6.07 Å². The van der Waals surface area contributed by atoms with Crippen molar-refractivity contribution in [1.82, 2.24) is 0 Å². The summed E-state index contributed by atoms with van der Waals surface area (Å²) in [5.41, 5.74) is 1.20. The van der Waals surface area contributed by atoms with Gasteiger partial charge in [0.1, 0.15) is 5.75 Å². The van der Waals surface area contributed by atoms with Crippen LogP contribution >= 0.6 is 24.0 Å². The topological polar surface area (TPSA) is 26.3 Å². The van der Waals surface area contributed by atoms with Gasteiger partial charge in [-0.25, -0.2) is 0 Å². The molecule has 2 rings (SSSR count). The van der Waals surface area contributed by atoms with Crippen molar-refractivity contribution < 1.29 is 9.53 Å². The van der Waals surface area contributed by atoms with Crippen LogP contribution in [-0.4, -0.2) is 5.97 Å². The highest BCUT2D eigenvalue weighted by atomic mass is 35.5. The molecule has 100 valence electrons. The number of carbonyl (C=O) groups excluding carboxylic acids is 1. The summed E-state index contributed by atoms with van der Waals surface area (Å²) in [5, 5.41) is 0.718. The zero-order chi connectivity index (χ0) is 12.3. The molecule has 0 aliphatic heterocycles. The maximum absolute atomic E-state index is 10.8. The number of carbonyl (C=O) groups is 1. The van der Waals surface area contributed by atoms with E-state index >= 15 is 0 Å². The first-order chi connectivity index (χ1) is 8.16. The maximum Gasteiger partial charge on any atom is 0.308 e. The Labute approximate surface area is 119 Å². The molecule has 1 saturated carbocycles. The third-order valence-corrected chi connectivity index (χ3v) is 3.61. The number of rotatable bonds is 2. The zero-order valence-corrected chi connectivity index (χ0v) is 12.0. The molecule has 2 nitrogen and oxygen atoms in total. The number of halogens is 2. The first-order valence-electron chi connectivity index (χ1n) is 6.14. The van der Waals surface area contributed by atoms with Crippen molar-refractivity contribution in [2.75, 3.05) is 0 Å². The first-order valence-corrected chi connectivity index (χ1v) is 6.52. The van der Waals surface area contributed by atoms with Gasteiger partial charge in [-0.15, -0.1) is 12.4 Å². The summed E-state index contributed by atoms with van der Waals surface area (Å²) in [5.74, 6) is 0.788. The molecule has 1 aliphatic carbocycles. The van der Waals surface area contributed by atoms with E-state index in [9.17, 15) is 4.79 Å². The quantitative estimate of drug-likeness (QED) is 0.581. The minimum Gasteiger partial charge on any atom is -0.427 e. The van der Waals surface area contributed by atoms with Gasteiger partial charge in [-0.3, -0.25) is 4.79 Å². The van der Waals surface area contributed by atoms with Crippen molar-refractivity contribution in [1.29, 1.82) is 0 Å². The molecule has 1 aromatic carbocycles. The fourth-order valence-electron chi connectivity index (χ4n) is 2.48. The molecule has 0 N–H and O–H groups in total. The van der Waals surface area contributed by atoms with Gasteiger partial charge in [-0.1, -0.05) is 36.9 Å². The minimum absolute atomic E-state index is 0. The van der Waals surface area contributed by atoms with Crippen molar-refractivity contribution in [3.63, 3.8) is 0 Å². The van der Waals surface area contributed by atoms with Crippen LogP contribution in [0.4, 0.5) is 0 Å². The van der Waals surface area contributed by atoms with Crippen LogP contribution in [0.5, 0.6) is 5.75 Å². The van der Waals surface area contributed by atoms with E-state index in [1.807, 2.05) is 12.1 Å². The van der Waals surface area contributed by atoms with Gasteiger partial charge in [0.25, 0.3) is 0 Å². The van der Waals surface area contributed by atoms with Gasteiger partial charge < -0.3 is 4.74 Å². The van der Waals surface area contributed by atoms with Crippen LogP contribution < -0.4 is 4.74 Å². The van der Waals surface area contributed by atoms with Crippen molar-refractivity contribution in [2.45, 2.75) is 44.9 Å². The molecule has 1 aromatic rings. The summed E-state index contributed by atoms with van der Waals surface area (Å²) >= 11 is 6.25. The molecule has 0 radical (unpaired) electrons. The third kappa shape index (κ3) is 3.89. The fraction of sp³-hybridized carbons (Fsp3) is 0.500. The van der Waals surface area contributed by atoms with Crippen LogP contribution in [0, 0.1) is 0 Å². The van der Waals surface area contributed by atoms with Gasteiger partial charge in [-0.05, 0) is 36.5 Å². The van der Waals surface area contributed by atoms with E-state index in [0.29, 0.717) is 11.7 Å². The van der Waals surface area contributed by atoms with Crippen molar-refractivity contribution in [2.24, 2.45) is 0 Å². The Hall–Kier alpha value is -0.730. The lowest BCUT2D eigenvalue weighted by Crippen LogP contribution is -2.06. The van der Waals surface area contributed by atoms with Crippen LogP contribution in [0.25, 0.3) is 0 Å². The molecule has 0 spiro atoms. The second-order valence-corrected chi connectivity index (χ2v) is 5.02. The van der Waals surface area contributed by atoms with Crippen molar-refractivity contribution in [3.05, 3.63) is 28.8 Å². The predicted molar refractivity (Wildman–Crippen MR) is 75.8 cm³/mol. The summed E-state index contributed by atoms with van der Waals surface area (Å²) in [6, 6.07) is 5.57. The standard InChI is InChI=1S/C14H17ClO2.ClH/c1-10(16)17-12-7-8-13(14(15)9-12)11-5-3-2-4-6-11;/h7-9,11H,2-6H2,1H3;1H. The molecule has 1 fully saturated rings. The van der Waals surface area contributed by atoms with Crippen LogP contribution in [0.2, 0.25) is 5.02 Å². The molecule has 0 amide bonds. The Morgan fingerprint density at radius 1 is 1.28 bits per heavy atom. The van der Waals surface area contributed by atoms with Crippen LogP contribution in [0.3, 0.4) is 0 Å². The monoisotopic (exact) mass is 288 g/mol. The molecule has 0 heterocycles. The zero-order valence-electron chi connectivity index (χ0n) is 10.4. The number of benzene rings is 1. The lowest BCUT2D eigenvalue weighted by molar-refractivity contribution is -0.131. The van der Waals surface area contributed by atoms with Gasteiger partial charge in [0.05, 0.1) is 0 Å². The Balaban J connectivity index is 0.00000162. The fourth-order valence-corrected chi connectivity index (χ4v) is 2.81. The number of esters is 1. The number of ether oxygens (including phenoxy) is 1. The lowest BCUT2D eigenvalue weighted by atomic mass is 9.84. The van der Waals surface area contributed by atoms with Crippen molar-refractivity contribution in [3.8, 4) is 5.75 Å². The molecule has 0 aromatic heterocycles. The van der Waals surface area contributed by atoms with Gasteiger partial charge >= 0.3 is 5.97 Å². The second kappa shape index (κ2) is 7.01. The number of hydrogen-bond donors (Lipinski definition) is 0. The first kappa shape index (κ1) is 15.3. The normalized spacial score (nSPS) is 15.9.